The summed E-state index contributed by atoms with van der Waals surface area (Å²) >= 11 is 0. The minimum atomic E-state index is -0.636. The van der Waals surface area contributed by atoms with Gasteiger partial charge in [0.1, 0.15) is 16.8 Å². The fraction of sp³-hybridized carbons (Fsp3) is 0.360. The molecule has 0 fully saturated rings. The molecule has 0 amide bonds. The molecule has 0 radical (unpaired) electrons. The Bertz CT molecular complexity index is 1210. The van der Waals surface area contributed by atoms with E-state index in [1.807, 2.05) is 50.3 Å². The number of aliphatic imine (C=N–C) groups is 2. The SMILES string of the molecule is CC(C)OC1CC(C2=c3oc4ccccc4c3=CCC2)=NC(C2C=CC=CC2O)=N1. The maximum absolute atomic E-state index is 10.5. The number of allylic oxidation sites excluding steroid dienone is 2. The number of nitrogens with zero attached hydrogens (tertiary/aromatic N) is 2. The first-order valence-corrected chi connectivity index (χ1v) is 10.6. The first kappa shape index (κ1) is 19.2. The minimum absolute atomic E-state index is 0.0533. The van der Waals surface area contributed by atoms with E-state index < -0.39 is 6.10 Å². The van der Waals surface area contributed by atoms with Gasteiger partial charge in [0.15, 0.2) is 6.23 Å². The van der Waals surface area contributed by atoms with E-state index in [-0.39, 0.29) is 18.2 Å². The third-order valence-electron chi connectivity index (χ3n) is 5.73. The van der Waals surface area contributed by atoms with E-state index in [0.717, 1.165) is 45.7 Å². The summed E-state index contributed by atoms with van der Waals surface area (Å²) in [6, 6.07) is 8.15. The van der Waals surface area contributed by atoms with Crippen LogP contribution in [0.4, 0.5) is 0 Å². The molecule has 0 spiro atoms. The highest BCUT2D eigenvalue weighted by atomic mass is 16.5. The number of aliphatic hydroxyl groups is 1. The zero-order chi connectivity index (χ0) is 20.7. The van der Waals surface area contributed by atoms with Crippen LogP contribution in [0.1, 0.15) is 33.1 Å². The van der Waals surface area contributed by atoms with Crippen LogP contribution in [-0.4, -0.2) is 35.1 Å². The summed E-state index contributed by atoms with van der Waals surface area (Å²) in [5.41, 5.74) is 3.88. The number of benzene rings is 1. The van der Waals surface area contributed by atoms with E-state index >= 15 is 0 Å². The third-order valence-corrected chi connectivity index (χ3v) is 5.73. The van der Waals surface area contributed by atoms with Gasteiger partial charge in [0.25, 0.3) is 0 Å². The number of hydrogen-bond donors (Lipinski definition) is 1. The van der Waals surface area contributed by atoms with Crippen LogP contribution < -0.4 is 10.6 Å². The van der Waals surface area contributed by atoms with Crippen molar-refractivity contribution in [1.29, 1.82) is 0 Å². The lowest BCUT2D eigenvalue weighted by Gasteiger charge is -2.27. The normalized spacial score (nSPS) is 25.9. The first-order chi connectivity index (χ1) is 14.6. The molecule has 5 heteroatoms. The molecule has 5 rings (SSSR count). The highest BCUT2D eigenvalue weighted by Gasteiger charge is 2.30. The molecule has 3 unspecified atom stereocenters. The van der Waals surface area contributed by atoms with Crippen molar-refractivity contribution in [2.24, 2.45) is 15.9 Å². The Balaban J connectivity index is 1.64. The Kier molecular flexibility index (Phi) is 5.01. The Morgan fingerprint density at radius 3 is 2.83 bits per heavy atom. The molecular formula is C25H26N2O3. The Morgan fingerprint density at radius 2 is 2.00 bits per heavy atom. The average molecular weight is 402 g/mol. The van der Waals surface area contributed by atoms with Crippen molar-refractivity contribution in [3.8, 4) is 0 Å². The van der Waals surface area contributed by atoms with Crippen molar-refractivity contribution in [1.82, 2.24) is 0 Å². The number of fused-ring (bicyclic) bond motifs is 3. The van der Waals surface area contributed by atoms with Crippen molar-refractivity contribution in [3.05, 3.63) is 59.2 Å². The van der Waals surface area contributed by atoms with E-state index in [1.165, 1.54) is 0 Å². The van der Waals surface area contributed by atoms with Crippen molar-refractivity contribution in [3.63, 3.8) is 0 Å². The zero-order valence-electron chi connectivity index (χ0n) is 17.3. The highest BCUT2D eigenvalue weighted by molar-refractivity contribution is 6.23. The average Bonchev–Trinajstić information content (AvgIpc) is 3.12. The fourth-order valence-electron chi connectivity index (χ4n) is 4.39. The maximum Gasteiger partial charge on any atom is 0.156 e. The lowest BCUT2D eigenvalue weighted by Crippen LogP contribution is -2.36. The lowest BCUT2D eigenvalue weighted by molar-refractivity contribution is 0.0167. The second kappa shape index (κ2) is 7.82. The topological polar surface area (TPSA) is 67.3 Å². The van der Waals surface area contributed by atoms with Crippen LogP contribution in [-0.2, 0) is 4.74 Å². The van der Waals surface area contributed by atoms with Gasteiger partial charge in [-0.3, -0.25) is 0 Å². The zero-order valence-corrected chi connectivity index (χ0v) is 17.3. The molecule has 2 aliphatic carbocycles. The van der Waals surface area contributed by atoms with Crippen molar-refractivity contribution >= 4 is 34.2 Å². The summed E-state index contributed by atoms with van der Waals surface area (Å²) in [6.45, 7) is 4.03. The van der Waals surface area contributed by atoms with Crippen LogP contribution in [0.25, 0.3) is 22.6 Å². The summed E-state index contributed by atoms with van der Waals surface area (Å²) in [4.78, 5) is 9.69. The van der Waals surface area contributed by atoms with Gasteiger partial charge in [-0.25, -0.2) is 9.98 Å². The number of para-hydroxylation sites is 1. The quantitative estimate of drug-likeness (QED) is 0.854. The molecule has 1 N–H and O–H groups in total. The van der Waals surface area contributed by atoms with Gasteiger partial charge in [-0.2, -0.15) is 0 Å². The van der Waals surface area contributed by atoms with Crippen molar-refractivity contribution < 1.29 is 14.3 Å². The Labute approximate surface area is 175 Å². The van der Waals surface area contributed by atoms with Crippen LogP contribution in [0.3, 0.4) is 0 Å². The van der Waals surface area contributed by atoms with E-state index in [1.54, 1.807) is 6.08 Å². The molecule has 0 saturated carbocycles. The second-order valence-electron chi connectivity index (χ2n) is 8.24. The van der Waals surface area contributed by atoms with E-state index in [4.69, 9.17) is 19.1 Å². The lowest BCUT2D eigenvalue weighted by atomic mass is 9.93. The third kappa shape index (κ3) is 3.48. The predicted octanol–water partition coefficient (Wildman–Crippen LogP) is 3.26. The molecule has 1 aromatic heterocycles. The summed E-state index contributed by atoms with van der Waals surface area (Å²) in [7, 11) is 0. The summed E-state index contributed by atoms with van der Waals surface area (Å²) in [6.07, 6.45) is 11.3. The van der Waals surface area contributed by atoms with Gasteiger partial charge in [0, 0.05) is 22.6 Å². The first-order valence-electron chi connectivity index (χ1n) is 10.6. The molecule has 3 aliphatic rings. The van der Waals surface area contributed by atoms with Gasteiger partial charge in [-0.15, -0.1) is 0 Å². The highest BCUT2D eigenvalue weighted by Crippen LogP contribution is 2.26. The van der Waals surface area contributed by atoms with Crippen LogP contribution in [0.15, 0.2) is 63.0 Å². The van der Waals surface area contributed by atoms with Gasteiger partial charge >= 0.3 is 0 Å². The van der Waals surface area contributed by atoms with Gasteiger partial charge in [0.2, 0.25) is 0 Å². The summed E-state index contributed by atoms with van der Waals surface area (Å²) < 4.78 is 12.3. The smallest absolute Gasteiger partial charge is 0.156 e. The van der Waals surface area contributed by atoms with Crippen molar-refractivity contribution in [2.75, 3.05) is 0 Å². The number of ether oxygens (including phenoxy) is 1. The minimum Gasteiger partial charge on any atom is -0.456 e. The molecule has 5 nitrogen and oxygen atoms in total. The number of hydrogen-bond acceptors (Lipinski definition) is 5. The van der Waals surface area contributed by atoms with Gasteiger partial charge < -0.3 is 14.3 Å². The number of aliphatic hydroxyl groups excluding tert-OH is 1. The van der Waals surface area contributed by atoms with Gasteiger partial charge in [-0.05, 0) is 32.8 Å². The molecule has 3 atom stereocenters. The van der Waals surface area contributed by atoms with Crippen LogP contribution in [0, 0.1) is 5.92 Å². The predicted molar refractivity (Wildman–Crippen MR) is 120 cm³/mol. The largest absolute Gasteiger partial charge is 0.456 e. The van der Waals surface area contributed by atoms with E-state index in [0.29, 0.717) is 12.3 Å². The molecule has 1 aromatic carbocycles. The molecule has 154 valence electrons. The molecule has 2 heterocycles. The molecule has 1 aliphatic heterocycles. The summed E-state index contributed by atoms with van der Waals surface area (Å²) in [5.74, 6) is 0.351. The molecular weight excluding hydrogens is 376 g/mol. The number of amidine groups is 1. The van der Waals surface area contributed by atoms with E-state index in [2.05, 4.69) is 12.1 Å². The summed E-state index contributed by atoms with van der Waals surface area (Å²) in [5, 5.41) is 12.8. The number of furan rings is 1. The standard InChI is InChI=1S/C25H26N2O3/c1-15(2)29-23-14-20(26-25(27-23)19-9-3-5-12-21(19)28)18-11-7-10-17-16-8-4-6-13-22(16)30-24(17)18/h3-6,8-10,12-13,15,19,21,23,28H,7,11,14H2,1-2H3. The monoisotopic (exact) mass is 402 g/mol. The maximum atomic E-state index is 10.5. The number of rotatable bonds is 4. The molecule has 0 bridgehead atoms. The van der Waals surface area contributed by atoms with Crippen molar-refractivity contribution in [2.45, 2.75) is 51.5 Å². The Morgan fingerprint density at radius 1 is 1.17 bits per heavy atom. The van der Waals surface area contributed by atoms with Crippen LogP contribution in [0.2, 0.25) is 0 Å². The van der Waals surface area contributed by atoms with E-state index in [9.17, 15) is 5.11 Å². The molecule has 0 saturated heterocycles. The fourth-order valence-corrected chi connectivity index (χ4v) is 4.39. The van der Waals surface area contributed by atoms with Crippen LogP contribution >= 0.6 is 0 Å². The van der Waals surface area contributed by atoms with Gasteiger partial charge in [-0.1, -0.05) is 48.6 Å². The Hall–Kier alpha value is -2.76. The molecule has 2 aromatic rings. The molecule has 30 heavy (non-hydrogen) atoms. The second-order valence-corrected chi connectivity index (χ2v) is 8.24. The van der Waals surface area contributed by atoms with Gasteiger partial charge in [0.05, 0.1) is 23.8 Å². The van der Waals surface area contributed by atoms with Crippen LogP contribution in [0.5, 0.6) is 0 Å².